The zero-order chi connectivity index (χ0) is 46.9. The number of carbonyl (C=O) groups excluding carboxylic acids is 2. The van der Waals surface area contributed by atoms with Gasteiger partial charge < -0.3 is 34.3 Å². The maximum absolute atomic E-state index is 12.9. The van der Waals surface area contributed by atoms with E-state index in [1.54, 1.807) is 0 Å². The van der Waals surface area contributed by atoms with Crippen molar-refractivity contribution < 1.29 is 56.8 Å². The number of hydrogen-bond acceptors (Lipinski definition) is 11. The van der Waals surface area contributed by atoms with E-state index >= 15 is 0 Å². The van der Waals surface area contributed by atoms with Crippen LogP contribution >= 0.6 is 0 Å². The van der Waals surface area contributed by atoms with E-state index < -0.39 is 71.2 Å². The molecule has 0 aliphatic carbocycles. The van der Waals surface area contributed by atoms with E-state index in [9.17, 15) is 37.9 Å². The number of unbranched alkanes of at least 4 members (excludes halogenated alkanes) is 34. The molecule has 64 heavy (non-hydrogen) atoms. The van der Waals surface area contributed by atoms with Crippen molar-refractivity contribution in [2.45, 2.75) is 295 Å². The summed E-state index contributed by atoms with van der Waals surface area (Å²) >= 11 is 0. The Bertz CT molecular complexity index is 1190. The second kappa shape index (κ2) is 41.8. The van der Waals surface area contributed by atoms with Crippen LogP contribution in [0.3, 0.4) is 0 Å². The van der Waals surface area contributed by atoms with Crippen LogP contribution in [0.2, 0.25) is 0 Å². The number of aliphatic hydroxyl groups is 3. The fourth-order valence-corrected chi connectivity index (χ4v) is 9.25. The first-order valence-corrected chi connectivity index (χ1v) is 28.2. The Balaban J connectivity index is 2.30. The quantitative estimate of drug-likeness (QED) is 0.0257. The molecule has 1 saturated heterocycles. The summed E-state index contributed by atoms with van der Waals surface area (Å²) in [6.45, 7) is 3.81. The minimum atomic E-state index is -4.60. The van der Waals surface area contributed by atoms with E-state index in [0.29, 0.717) is 12.8 Å². The first-order chi connectivity index (χ1) is 31.0. The van der Waals surface area contributed by atoms with Gasteiger partial charge in [0.05, 0.1) is 6.61 Å². The molecule has 0 spiro atoms. The van der Waals surface area contributed by atoms with Crippen molar-refractivity contribution in [3.8, 4) is 0 Å². The topological polar surface area (TPSA) is 186 Å². The van der Waals surface area contributed by atoms with Crippen molar-refractivity contribution in [3.05, 3.63) is 0 Å². The Kier molecular flexibility index (Phi) is 39.6. The van der Waals surface area contributed by atoms with Crippen molar-refractivity contribution in [2.24, 2.45) is 0 Å². The average molecular weight is 935 g/mol. The highest BCUT2D eigenvalue weighted by atomic mass is 32.2. The highest BCUT2D eigenvalue weighted by molar-refractivity contribution is 7.85. The summed E-state index contributed by atoms with van der Waals surface area (Å²) < 4.78 is 54.2. The minimum Gasteiger partial charge on any atom is -0.462 e. The first-order valence-electron chi connectivity index (χ1n) is 26.6. The summed E-state index contributed by atoms with van der Waals surface area (Å²) in [6, 6.07) is 0. The molecule has 0 amide bonds. The average Bonchev–Trinajstić information content (AvgIpc) is 3.26. The van der Waals surface area contributed by atoms with Crippen LogP contribution < -0.4 is 0 Å². The molecule has 4 N–H and O–H groups in total. The Morgan fingerprint density at radius 3 is 1.14 bits per heavy atom. The third kappa shape index (κ3) is 35.8. The highest BCUT2D eigenvalue weighted by Crippen LogP contribution is 2.24. The monoisotopic (exact) mass is 935 g/mol. The predicted octanol–water partition coefficient (Wildman–Crippen LogP) is 12.0. The Morgan fingerprint density at radius 1 is 0.469 bits per heavy atom. The maximum Gasteiger partial charge on any atom is 0.306 e. The summed E-state index contributed by atoms with van der Waals surface area (Å²) in [5.41, 5.74) is 0. The molecule has 1 fully saturated rings. The first kappa shape index (κ1) is 60.7. The summed E-state index contributed by atoms with van der Waals surface area (Å²) in [4.78, 5) is 25.5. The standard InChI is InChI=1S/C51H98O12S/c1-3-5-7-9-11-13-15-17-18-19-20-21-22-23-24-25-26-28-30-32-34-36-38-40-47(53)62-44(42-61-51-50(56)49(55)48(54)45(63-51)43-64(57,58)59)41-60-46(52)39-37-35-33-31-29-27-16-14-12-10-8-6-4-2/h44-45,48-51,54-56H,3-43H2,1-2H3,(H,57,58,59). The van der Waals surface area contributed by atoms with Gasteiger partial charge in [0.25, 0.3) is 10.1 Å². The lowest BCUT2D eigenvalue weighted by molar-refractivity contribution is -0.297. The molecule has 0 aromatic heterocycles. The van der Waals surface area contributed by atoms with E-state index in [1.165, 1.54) is 180 Å². The summed E-state index contributed by atoms with van der Waals surface area (Å²) in [6.07, 6.45) is 35.8. The van der Waals surface area contributed by atoms with Crippen LogP contribution in [0.15, 0.2) is 0 Å². The summed E-state index contributed by atoms with van der Waals surface area (Å²) in [5.74, 6) is -1.96. The highest BCUT2D eigenvalue weighted by Gasteiger charge is 2.46. The minimum absolute atomic E-state index is 0.173. The van der Waals surface area contributed by atoms with Gasteiger partial charge in [0, 0.05) is 12.8 Å². The van der Waals surface area contributed by atoms with Gasteiger partial charge in [0.15, 0.2) is 12.4 Å². The third-order valence-corrected chi connectivity index (χ3v) is 13.4. The zero-order valence-corrected chi connectivity index (χ0v) is 41.7. The molecule has 6 atom stereocenters. The molecule has 1 aliphatic heterocycles. The van der Waals surface area contributed by atoms with Crippen molar-refractivity contribution in [3.63, 3.8) is 0 Å². The number of aliphatic hydroxyl groups excluding tert-OH is 3. The van der Waals surface area contributed by atoms with Crippen molar-refractivity contribution in [2.75, 3.05) is 19.0 Å². The number of rotatable bonds is 46. The molecule has 6 unspecified atom stereocenters. The molecular formula is C51H98O12S. The van der Waals surface area contributed by atoms with Crippen LogP contribution in [0.1, 0.15) is 258 Å². The molecule has 0 radical (unpaired) electrons. The van der Waals surface area contributed by atoms with Gasteiger partial charge in [-0.2, -0.15) is 8.42 Å². The number of ether oxygens (including phenoxy) is 4. The lowest BCUT2D eigenvalue weighted by Gasteiger charge is -2.40. The van der Waals surface area contributed by atoms with Crippen molar-refractivity contribution in [1.82, 2.24) is 0 Å². The molecule has 1 rings (SSSR count). The summed E-state index contributed by atoms with van der Waals surface area (Å²) in [7, 11) is -4.60. The van der Waals surface area contributed by atoms with E-state index in [4.69, 9.17) is 18.9 Å². The van der Waals surface area contributed by atoms with E-state index in [1.807, 2.05) is 0 Å². The Labute approximate surface area is 391 Å². The van der Waals surface area contributed by atoms with E-state index in [-0.39, 0.29) is 19.4 Å². The number of hydrogen-bond donors (Lipinski definition) is 4. The molecule has 12 nitrogen and oxygen atoms in total. The summed E-state index contributed by atoms with van der Waals surface area (Å²) in [5, 5.41) is 31.0. The third-order valence-electron chi connectivity index (χ3n) is 12.7. The van der Waals surface area contributed by atoms with E-state index in [2.05, 4.69) is 13.8 Å². The normalized spacial score (nSPS) is 19.5. The molecule has 0 saturated carbocycles. The second-order valence-electron chi connectivity index (χ2n) is 18.9. The number of carbonyl (C=O) groups is 2. The molecule has 13 heteroatoms. The SMILES string of the molecule is CCCCCCCCCCCCCCCCCCCCCCCCCC(=O)OC(COC(=O)CCCCCCCCCCCCCCC)COC1OC(CS(=O)(=O)O)C(O)C(O)C1O. The van der Waals surface area contributed by atoms with Gasteiger partial charge in [-0.1, -0.05) is 232 Å². The Hall–Kier alpha value is -1.35. The van der Waals surface area contributed by atoms with Gasteiger partial charge in [-0.05, 0) is 12.8 Å². The second-order valence-corrected chi connectivity index (χ2v) is 20.4. The Morgan fingerprint density at radius 2 is 0.797 bits per heavy atom. The van der Waals surface area contributed by atoms with Crippen LogP contribution in [0, 0.1) is 0 Å². The lowest BCUT2D eigenvalue weighted by atomic mass is 10.00. The molecule has 380 valence electrons. The maximum atomic E-state index is 12.9. The predicted molar refractivity (Wildman–Crippen MR) is 257 cm³/mol. The van der Waals surface area contributed by atoms with Crippen LogP contribution in [0.4, 0.5) is 0 Å². The fraction of sp³-hybridized carbons (Fsp3) is 0.961. The van der Waals surface area contributed by atoms with E-state index in [0.717, 1.165) is 38.5 Å². The van der Waals surface area contributed by atoms with Gasteiger partial charge in [-0.15, -0.1) is 0 Å². The molecule has 0 aromatic carbocycles. The van der Waals surface area contributed by atoms with Crippen LogP contribution in [0.25, 0.3) is 0 Å². The van der Waals surface area contributed by atoms with Gasteiger partial charge in [0.2, 0.25) is 0 Å². The zero-order valence-electron chi connectivity index (χ0n) is 40.9. The molecular weight excluding hydrogens is 837 g/mol. The molecule has 1 heterocycles. The van der Waals surface area contributed by atoms with Crippen LogP contribution in [-0.2, 0) is 38.7 Å². The van der Waals surface area contributed by atoms with Crippen LogP contribution in [0.5, 0.6) is 0 Å². The largest absolute Gasteiger partial charge is 0.462 e. The smallest absolute Gasteiger partial charge is 0.306 e. The number of esters is 2. The fourth-order valence-electron chi connectivity index (χ4n) is 8.56. The molecule has 1 aliphatic rings. The molecule has 0 aromatic rings. The van der Waals surface area contributed by atoms with Crippen molar-refractivity contribution in [1.29, 1.82) is 0 Å². The molecule has 0 bridgehead atoms. The van der Waals surface area contributed by atoms with Crippen molar-refractivity contribution >= 4 is 22.1 Å². The van der Waals surface area contributed by atoms with Gasteiger partial charge in [-0.3, -0.25) is 14.1 Å². The van der Waals surface area contributed by atoms with Crippen LogP contribution in [-0.4, -0.2) is 96.0 Å². The van der Waals surface area contributed by atoms with Gasteiger partial charge in [0.1, 0.15) is 36.8 Å². The van der Waals surface area contributed by atoms with Gasteiger partial charge >= 0.3 is 11.9 Å². The van der Waals surface area contributed by atoms with Gasteiger partial charge in [-0.25, -0.2) is 0 Å². The lowest BCUT2D eigenvalue weighted by Crippen LogP contribution is -2.60.